The lowest BCUT2D eigenvalue weighted by molar-refractivity contribution is -0.124. The molecule has 0 saturated heterocycles. The van der Waals surface area contributed by atoms with E-state index in [0.29, 0.717) is 12.2 Å². The molecular formula is C34H51NO3. The molecule has 38 heavy (non-hydrogen) atoms. The molecule has 2 aliphatic rings. The monoisotopic (exact) mass is 521 g/mol. The fourth-order valence-electron chi connectivity index (χ4n) is 6.81. The van der Waals surface area contributed by atoms with Crippen LogP contribution < -0.4 is 4.90 Å². The lowest BCUT2D eigenvalue weighted by Crippen LogP contribution is -2.32. The van der Waals surface area contributed by atoms with Gasteiger partial charge in [0.2, 0.25) is 0 Å². The van der Waals surface area contributed by atoms with Gasteiger partial charge in [-0.15, -0.1) is 0 Å². The third kappa shape index (κ3) is 7.91. The number of hydrogen-bond acceptors (Lipinski definition) is 4. The highest BCUT2D eigenvalue weighted by Gasteiger charge is 2.37. The normalized spacial score (nSPS) is 17.6. The molecule has 1 aromatic carbocycles. The van der Waals surface area contributed by atoms with Crippen LogP contribution in [0, 0.1) is 11.3 Å². The van der Waals surface area contributed by atoms with Gasteiger partial charge in [-0.05, 0) is 98.6 Å². The van der Waals surface area contributed by atoms with Crippen LogP contribution >= 0.6 is 0 Å². The number of aliphatic hydroxyl groups excluding tert-OH is 1. The Kier molecular flexibility index (Phi) is 11.4. The highest BCUT2D eigenvalue weighted by atomic mass is 16.3. The first-order valence-corrected chi connectivity index (χ1v) is 15.1. The smallest absolute Gasteiger partial charge is 0.156 e. The first-order valence-electron chi connectivity index (χ1n) is 15.1. The third-order valence-corrected chi connectivity index (χ3v) is 8.92. The van der Waals surface area contributed by atoms with Gasteiger partial charge < -0.3 is 10.0 Å². The maximum Gasteiger partial charge on any atom is 0.156 e. The predicted molar refractivity (Wildman–Crippen MR) is 159 cm³/mol. The van der Waals surface area contributed by atoms with Gasteiger partial charge in [0.1, 0.15) is 5.78 Å². The summed E-state index contributed by atoms with van der Waals surface area (Å²) in [4.78, 5) is 27.3. The minimum Gasteiger partial charge on any atom is -0.396 e. The van der Waals surface area contributed by atoms with Crippen LogP contribution in [0.4, 0.5) is 5.69 Å². The van der Waals surface area contributed by atoms with Crippen molar-refractivity contribution in [2.45, 2.75) is 111 Å². The molecule has 0 fully saturated rings. The molecule has 2 atom stereocenters. The van der Waals surface area contributed by atoms with E-state index >= 15 is 0 Å². The third-order valence-electron chi connectivity index (χ3n) is 8.92. The van der Waals surface area contributed by atoms with Gasteiger partial charge in [-0.3, -0.25) is 9.59 Å². The van der Waals surface area contributed by atoms with Crippen LogP contribution in [-0.4, -0.2) is 36.9 Å². The Bertz CT molecular complexity index is 1000. The molecule has 0 heterocycles. The number of unbranched alkanes of at least 4 members (excludes halogenated alkanes) is 3. The maximum atomic E-state index is 12.7. The second-order valence-corrected chi connectivity index (χ2v) is 12.3. The fourth-order valence-corrected chi connectivity index (χ4v) is 6.81. The summed E-state index contributed by atoms with van der Waals surface area (Å²) in [7, 11) is 2.16. The van der Waals surface area contributed by atoms with Gasteiger partial charge in [0.15, 0.2) is 5.78 Å². The number of benzene rings is 1. The molecule has 0 aliphatic heterocycles. The van der Waals surface area contributed by atoms with Crippen LogP contribution in [0.15, 0.2) is 47.1 Å². The highest BCUT2D eigenvalue weighted by molar-refractivity contribution is 5.93. The minimum absolute atomic E-state index is 0.0587. The van der Waals surface area contributed by atoms with E-state index in [0.717, 1.165) is 77.2 Å². The molecule has 0 amide bonds. The Morgan fingerprint density at radius 1 is 1.03 bits per heavy atom. The minimum atomic E-state index is -0.115. The van der Waals surface area contributed by atoms with E-state index in [1.54, 1.807) is 6.92 Å². The van der Waals surface area contributed by atoms with Crippen molar-refractivity contribution in [3.63, 3.8) is 0 Å². The average Bonchev–Trinajstić information content (AvgIpc) is 2.89. The number of ketones is 2. The standard InChI is InChI=1S/C34H51NO3/c1-6-12-33(25(2)37)34(3,4)24-32(31-14-11-13-27-23-29(38)19-20-30(27)31)26-15-17-28(18-16-26)35(5)21-9-7-8-10-22-36/h15-18,23,32-33,36H,6-14,19-22,24H2,1-5H3. The summed E-state index contributed by atoms with van der Waals surface area (Å²) in [5.41, 5.74) is 6.64. The Morgan fingerprint density at radius 3 is 2.39 bits per heavy atom. The van der Waals surface area contributed by atoms with Gasteiger partial charge in [0.25, 0.3) is 0 Å². The molecule has 0 spiro atoms. The second kappa shape index (κ2) is 14.3. The van der Waals surface area contributed by atoms with Gasteiger partial charge in [-0.2, -0.15) is 0 Å². The van der Waals surface area contributed by atoms with Crippen LogP contribution in [0.25, 0.3) is 0 Å². The number of allylic oxidation sites excluding steroid dienone is 4. The van der Waals surface area contributed by atoms with Gasteiger partial charge in [-0.1, -0.05) is 57.7 Å². The van der Waals surface area contributed by atoms with Gasteiger partial charge in [0.05, 0.1) is 0 Å². The Morgan fingerprint density at radius 2 is 1.74 bits per heavy atom. The number of nitrogens with zero attached hydrogens (tertiary/aromatic N) is 1. The number of hydrogen-bond donors (Lipinski definition) is 1. The first kappa shape index (κ1) is 30.3. The first-order chi connectivity index (χ1) is 18.2. The summed E-state index contributed by atoms with van der Waals surface area (Å²) in [6.07, 6.45) is 13.7. The Balaban J connectivity index is 1.91. The van der Waals surface area contributed by atoms with Crippen molar-refractivity contribution in [3.05, 3.63) is 52.6 Å². The lowest BCUT2D eigenvalue weighted by Gasteiger charge is -2.39. The fraction of sp³-hybridized carbons (Fsp3) is 0.647. The van der Waals surface area contributed by atoms with Crippen molar-refractivity contribution in [2.24, 2.45) is 11.3 Å². The summed E-state index contributed by atoms with van der Waals surface area (Å²) in [6.45, 7) is 9.81. The van der Waals surface area contributed by atoms with Crippen molar-refractivity contribution in [2.75, 3.05) is 25.1 Å². The molecule has 0 saturated carbocycles. The van der Waals surface area contributed by atoms with Gasteiger partial charge >= 0.3 is 0 Å². The molecular weight excluding hydrogens is 470 g/mol. The molecule has 2 aliphatic carbocycles. The van der Waals surface area contributed by atoms with Crippen molar-refractivity contribution < 1.29 is 14.7 Å². The average molecular weight is 522 g/mol. The zero-order chi connectivity index (χ0) is 27.7. The number of carbonyl (C=O) groups excluding carboxylic acids is 2. The number of aliphatic hydroxyl groups is 1. The van der Waals surface area contributed by atoms with Crippen LogP contribution in [0.2, 0.25) is 0 Å². The lowest BCUT2D eigenvalue weighted by atomic mass is 9.65. The number of anilines is 1. The van der Waals surface area contributed by atoms with E-state index in [1.807, 2.05) is 6.08 Å². The summed E-state index contributed by atoms with van der Waals surface area (Å²) < 4.78 is 0. The molecule has 1 aromatic rings. The number of carbonyl (C=O) groups is 2. The molecule has 210 valence electrons. The van der Waals surface area contributed by atoms with E-state index in [2.05, 4.69) is 57.0 Å². The Hall–Kier alpha value is -2.20. The van der Waals surface area contributed by atoms with E-state index in [1.165, 1.54) is 28.0 Å². The van der Waals surface area contributed by atoms with E-state index in [-0.39, 0.29) is 29.6 Å². The van der Waals surface area contributed by atoms with E-state index in [4.69, 9.17) is 5.11 Å². The van der Waals surface area contributed by atoms with Crippen molar-refractivity contribution >= 4 is 17.3 Å². The second-order valence-electron chi connectivity index (χ2n) is 12.3. The van der Waals surface area contributed by atoms with Gasteiger partial charge in [0, 0.05) is 44.1 Å². The quantitative estimate of drug-likeness (QED) is 0.238. The molecule has 0 aromatic heterocycles. The zero-order valence-electron chi connectivity index (χ0n) is 24.7. The van der Waals surface area contributed by atoms with Crippen molar-refractivity contribution in [3.8, 4) is 0 Å². The van der Waals surface area contributed by atoms with E-state index < -0.39 is 0 Å². The van der Waals surface area contributed by atoms with Gasteiger partial charge in [-0.25, -0.2) is 0 Å². The van der Waals surface area contributed by atoms with Crippen LogP contribution in [0.3, 0.4) is 0 Å². The molecule has 0 bridgehead atoms. The summed E-state index contributed by atoms with van der Waals surface area (Å²) in [6, 6.07) is 9.13. The predicted octanol–water partition coefficient (Wildman–Crippen LogP) is 7.95. The van der Waals surface area contributed by atoms with Crippen molar-refractivity contribution in [1.82, 2.24) is 0 Å². The molecule has 2 unspecified atom stereocenters. The largest absolute Gasteiger partial charge is 0.396 e. The summed E-state index contributed by atoms with van der Waals surface area (Å²) >= 11 is 0. The number of Topliss-reactive ketones (excluding diaryl/α,β-unsaturated/α-hetero) is 1. The van der Waals surface area contributed by atoms with Crippen LogP contribution in [0.1, 0.15) is 116 Å². The van der Waals surface area contributed by atoms with Crippen molar-refractivity contribution in [1.29, 1.82) is 0 Å². The summed E-state index contributed by atoms with van der Waals surface area (Å²) in [5.74, 6) is 0.888. The number of rotatable bonds is 15. The molecule has 0 radical (unpaired) electrons. The number of fused-ring (bicyclic) bond motifs is 1. The summed E-state index contributed by atoms with van der Waals surface area (Å²) in [5, 5.41) is 9.00. The zero-order valence-corrected chi connectivity index (χ0v) is 24.7. The van der Waals surface area contributed by atoms with E-state index in [9.17, 15) is 9.59 Å². The Labute approximate surface area is 231 Å². The van der Waals surface area contributed by atoms with Crippen LogP contribution in [-0.2, 0) is 9.59 Å². The topological polar surface area (TPSA) is 57.6 Å². The highest BCUT2D eigenvalue weighted by Crippen LogP contribution is 2.48. The SMILES string of the molecule is CCCC(C(C)=O)C(C)(C)CC(C1=C2CCC(=O)C=C2CCC1)c1ccc(N(C)CCCCCCO)cc1. The molecule has 1 N–H and O–H groups in total. The molecule has 3 rings (SSSR count). The molecule has 4 nitrogen and oxygen atoms in total. The molecule has 4 heteroatoms. The van der Waals surface area contributed by atoms with Crippen LogP contribution in [0.5, 0.6) is 0 Å². The maximum absolute atomic E-state index is 12.7.